The minimum atomic E-state index is 0.103. The van der Waals surface area contributed by atoms with Gasteiger partial charge in [-0.1, -0.05) is 24.5 Å². The molecule has 0 unspecified atom stereocenters. The first-order valence-electron chi connectivity index (χ1n) is 6.66. The number of aryl methyl sites for hydroxylation is 1. The van der Waals surface area contributed by atoms with Gasteiger partial charge in [-0.05, 0) is 12.8 Å². The fourth-order valence-corrected chi connectivity index (χ4v) is 2.30. The van der Waals surface area contributed by atoms with Crippen LogP contribution in [-0.4, -0.2) is 26.9 Å². The quantitative estimate of drug-likeness (QED) is 0.801. The molecule has 1 fully saturated rings. The third-order valence-electron chi connectivity index (χ3n) is 3.33. The number of hydrogen-bond donors (Lipinski definition) is 2. The highest BCUT2D eigenvalue weighted by Gasteiger charge is 2.15. The van der Waals surface area contributed by atoms with Crippen LogP contribution >= 0.6 is 0 Å². The average Bonchev–Trinajstić information content (AvgIpc) is 2.85. The van der Waals surface area contributed by atoms with Gasteiger partial charge in [-0.15, -0.1) is 5.10 Å². The summed E-state index contributed by atoms with van der Waals surface area (Å²) in [5.41, 5.74) is 6.20. The molecule has 1 aromatic rings. The molecule has 0 radical (unpaired) electrons. The van der Waals surface area contributed by atoms with Gasteiger partial charge in [0.15, 0.2) is 0 Å². The van der Waals surface area contributed by atoms with Gasteiger partial charge in [-0.2, -0.15) is 0 Å². The standard InChI is InChI=1S/C12H21N5O/c13-8-11-9-17(16-15-11)7-6-12(18)14-10-4-2-1-3-5-10/h9-10H,1-8,13H2,(H,14,18). The van der Waals surface area contributed by atoms with E-state index in [4.69, 9.17) is 5.73 Å². The summed E-state index contributed by atoms with van der Waals surface area (Å²) in [6.07, 6.45) is 8.23. The summed E-state index contributed by atoms with van der Waals surface area (Å²) in [5.74, 6) is 0.103. The van der Waals surface area contributed by atoms with E-state index in [1.807, 2.05) is 0 Å². The number of carbonyl (C=O) groups is 1. The molecule has 1 aromatic heterocycles. The Bertz CT molecular complexity index is 384. The van der Waals surface area contributed by atoms with Crippen molar-refractivity contribution in [1.82, 2.24) is 20.3 Å². The Labute approximate surface area is 107 Å². The van der Waals surface area contributed by atoms with Crippen LogP contribution in [0.2, 0.25) is 0 Å². The Balaban J connectivity index is 1.70. The predicted molar refractivity (Wildman–Crippen MR) is 67.5 cm³/mol. The fraction of sp³-hybridized carbons (Fsp3) is 0.750. The molecule has 3 N–H and O–H groups in total. The van der Waals surface area contributed by atoms with Gasteiger partial charge < -0.3 is 11.1 Å². The molecule has 1 aliphatic rings. The lowest BCUT2D eigenvalue weighted by Gasteiger charge is -2.22. The molecule has 1 amide bonds. The summed E-state index contributed by atoms with van der Waals surface area (Å²) in [5, 5.41) is 10.9. The van der Waals surface area contributed by atoms with E-state index in [1.165, 1.54) is 19.3 Å². The van der Waals surface area contributed by atoms with Crippen molar-refractivity contribution in [1.29, 1.82) is 0 Å². The molecule has 0 aliphatic heterocycles. The number of nitrogens with two attached hydrogens (primary N) is 1. The molecule has 18 heavy (non-hydrogen) atoms. The highest BCUT2D eigenvalue weighted by Crippen LogP contribution is 2.17. The first-order valence-corrected chi connectivity index (χ1v) is 6.66. The van der Waals surface area contributed by atoms with Crippen molar-refractivity contribution >= 4 is 5.91 Å². The van der Waals surface area contributed by atoms with Crippen molar-refractivity contribution in [2.45, 2.75) is 57.7 Å². The Morgan fingerprint density at radius 1 is 1.44 bits per heavy atom. The minimum absolute atomic E-state index is 0.103. The minimum Gasteiger partial charge on any atom is -0.353 e. The number of nitrogens with zero attached hydrogens (tertiary/aromatic N) is 3. The van der Waals surface area contributed by atoms with Crippen molar-refractivity contribution in [2.24, 2.45) is 5.73 Å². The zero-order valence-corrected chi connectivity index (χ0v) is 10.6. The summed E-state index contributed by atoms with van der Waals surface area (Å²) < 4.78 is 1.67. The smallest absolute Gasteiger partial charge is 0.222 e. The van der Waals surface area contributed by atoms with Gasteiger partial charge in [-0.25, -0.2) is 0 Å². The van der Waals surface area contributed by atoms with E-state index in [0.717, 1.165) is 18.5 Å². The van der Waals surface area contributed by atoms with E-state index >= 15 is 0 Å². The van der Waals surface area contributed by atoms with Crippen molar-refractivity contribution in [3.8, 4) is 0 Å². The Hall–Kier alpha value is -1.43. The van der Waals surface area contributed by atoms with Gasteiger partial charge in [0.2, 0.25) is 5.91 Å². The molecular formula is C12H21N5O. The van der Waals surface area contributed by atoms with Gasteiger partial charge in [0, 0.05) is 25.2 Å². The van der Waals surface area contributed by atoms with Crippen LogP contribution in [0.3, 0.4) is 0 Å². The maximum absolute atomic E-state index is 11.8. The topological polar surface area (TPSA) is 85.8 Å². The highest BCUT2D eigenvalue weighted by atomic mass is 16.1. The number of nitrogens with one attached hydrogen (secondary N) is 1. The predicted octanol–water partition coefficient (Wildman–Crippen LogP) is 0.576. The van der Waals surface area contributed by atoms with E-state index < -0.39 is 0 Å². The van der Waals surface area contributed by atoms with Crippen LogP contribution in [-0.2, 0) is 17.9 Å². The Kier molecular flexibility index (Phi) is 4.69. The van der Waals surface area contributed by atoms with E-state index in [9.17, 15) is 4.79 Å². The normalized spacial score (nSPS) is 16.7. The average molecular weight is 251 g/mol. The molecule has 1 aliphatic carbocycles. The molecule has 1 saturated carbocycles. The van der Waals surface area contributed by atoms with Crippen LogP contribution in [0, 0.1) is 0 Å². The molecule has 0 saturated heterocycles. The van der Waals surface area contributed by atoms with E-state index in [1.54, 1.807) is 10.9 Å². The zero-order valence-electron chi connectivity index (χ0n) is 10.6. The van der Waals surface area contributed by atoms with Gasteiger partial charge in [0.05, 0.1) is 12.2 Å². The lowest BCUT2D eigenvalue weighted by atomic mass is 9.95. The molecule has 0 spiro atoms. The molecule has 6 nitrogen and oxygen atoms in total. The van der Waals surface area contributed by atoms with Crippen LogP contribution in [0.5, 0.6) is 0 Å². The van der Waals surface area contributed by atoms with Gasteiger partial charge >= 0.3 is 0 Å². The fourth-order valence-electron chi connectivity index (χ4n) is 2.30. The number of carbonyl (C=O) groups excluding carboxylic acids is 1. The summed E-state index contributed by atoms with van der Waals surface area (Å²) in [4.78, 5) is 11.8. The second kappa shape index (κ2) is 6.49. The Morgan fingerprint density at radius 3 is 2.89 bits per heavy atom. The summed E-state index contributed by atoms with van der Waals surface area (Å²) in [7, 11) is 0. The van der Waals surface area contributed by atoms with Crippen LogP contribution in [0.15, 0.2) is 6.20 Å². The summed E-state index contributed by atoms with van der Waals surface area (Å²) in [6.45, 7) is 0.944. The lowest BCUT2D eigenvalue weighted by molar-refractivity contribution is -0.122. The first kappa shape index (κ1) is 13.0. The first-order chi connectivity index (χ1) is 8.78. The molecular weight excluding hydrogens is 230 g/mol. The van der Waals surface area contributed by atoms with Crippen LogP contribution in [0.4, 0.5) is 0 Å². The van der Waals surface area contributed by atoms with E-state index in [2.05, 4.69) is 15.6 Å². The second-order valence-corrected chi connectivity index (χ2v) is 4.83. The maximum Gasteiger partial charge on any atom is 0.222 e. The molecule has 100 valence electrons. The number of aromatic nitrogens is 3. The summed E-state index contributed by atoms with van der Waals surface area (Å²) >= 11 is 0. The van der Waals surface area contributed by atoms with Crippen LogP contribution < -0.4 is 11.1 Å². The van der Waals surface area contributed by atoms with Crippen molar-refractivity contribution in [3.63, 3.8) is 0 Å². The third kappa shape index (κ3) is 3.80. The number of rotatable bonds is 5. The van der Waals surface area contributed by atoms with Gasteiger partial charge in [-0.3, -0.25) is 9.48 Å². The molecule has 1 heterocycles. The van der Waals surface area contributed by atoms with E-state index in [-0.39, 0.29) is 5.91 Å². The highest BCUT2D eigenvalue weighted by molar-refractivity contribution is 5.76. The lowest BCUT2D eigenvalue weighted by Crippen LogP contribution is -2.36. The van der Waals surface area contributed by atoms with Crippen molar-refractivity contribution in [3.05, 3.63) is 11.9 Å². The Morgan fingerprint density at radius 2 is 2.22 bits per heavy atom. The molecule has 2 rings (SSSR count). The summed E-state index contributed by atoms with van der Waals surface area (Å²) in [6, 6.07) is 0.376. The van der Waals surface area contributed by atoms with Gasteiger partial charge in [0.1, 0.15) is 0 Å². The maximum atomic E-state index is 11.8. The largest absolute Gasteiger partial charge is 0.353 e. The zero-order chi connectivity index (χ0) is 12.8. The van der Waals surface area contributed by atoms with Crippen LogP contribution in [0.1, 0.15) is 44.2 Å². The molecule has 0 atom stereocenters. The number of hydrogen-bond acceptors (Lipinski definition) is 4. The monoisotopic (exact) mass is 251 g/mol. The SMILES string of the molecule is NCc1cn(CCC(=O)NC2CCCCC2)nn1. The molecule has 6 heteroatoms. The van der Waals surface area contributed by atoms with Gasteiger partial charge in [0.25, 0.3) is 0 Å². The van der Waals surface area contributed by atoms with Crippen LogP contribution in [0.25, 0.3) is 0 Å². The van der Waals surface area contributed by atoms with Crippen molar-refractivity contribution < 1.29 is 4.79 Å². The van der Waals surface area contributed by atoms with Crippen molar-refractivity contribution in [2.75, 3.05) is 0 Å². The second-order valence-electron chi connectivity index (χ2n) is 4.83. The molecule has 0 bridgehead atoms. The molecule has 0 aromatic carbocycles. The van der Waals surface area contributed by atoms with E-state index in [0.29, 0.717) is 25.6 Å². The third-order valence-corrected chi connectivity index (χ3v) is 3.33. The number of amides is 1.